The summed E-state index contributed by atoms with van der Waals surface area (Å²) in [4.78, 5) is 28.0. The molecule has 2 saturated carbocycles. The first kappa shape index (κ1) is 18.2. The Hall–Kier alpha value is -1.10. The van der Waals surface area contributed by atoms with Crippen molar-refractivity contribution in [3.8, 4) is 0 Å². The monoisotopic (exact) mass is 324 g/mol. The van der Waals surface area contributed by atoms with Crippen LogP contribution < -0.4 is 0 Å². The van der Waals surface area contributed by atoms with Crippen LogP contribution in [0.2, 0.25) is 0 Å². The molecule has 0 bridgehead atoms. The van der Waals surface area contributed by atoms with Crippen molar-refractivity contribution < 1.29 is 14.3 Å². The van der Waals surface area contributed by atoms with Gasteiger partial charge in [-0.05, 0) is 25.7 Å². The van der Waals surface area contributed by atoms with Gasteiger partial charge in [0.05, 0.1) is 0 Å². The summed E-state index contributed by atoms with van der Waals surface area (Å²) < 4.78 is 5.40. The van der Waals surface area contributed by atoms with Gasteiger partial charge in [0.25, 0.3) is 0 Å². The first-order valence-corrected chi connectivity index (χ1v) is 9.18. The number of carbonyl (C=O) groups is 2. The van der Waals surface area contributed by atoms with Gasteiger partial charge in [-0.25, -0.2) is 0 Å². The fourth-order valence-electron chi connectivity index (χ4n) is 3.77. The third kappa shape index (κ3) is 5.48. The Morgan fingerprint density at radius 1 is 0.739 bits per heavy atom. The maximum atomic E-state index is 12.2. The number of ether oxygens (including phenoxy) is 1. The minimum atomic E-state index is -0.00924. The highest BCUT2D eigenvalue weighted by Crippen LogP contribution is 2.22. The molecule has 0 unspecified atom stereocenters. The van der Waals surface area contributed by atoms with E-state index in [1.807, 2.05) is 23.9 Å². The summed E-state index contributed by atoms with van der Waals surface area (Å²) in [5.74, 6) is -0.0185. The molecule has 2 amide bonds. The Morgan fingerprint density at radius 3 is 1.43 bits per heavy atom. The van der Waals surface area contributed by atoms with E-state index < -0.39 is 0 Å². The fraction of sp³-hybridized carbons (Fsp3) is 0.889. The molecule has 0 aromatic rings. The fourth-order valence-corrected chi connectivity index (χ4v) is 3.77. The molecule has 132 valence electrons. The molecule has 0 saturated heterocycles. The van der Waals surface area contributed by atoms with Gasteiger partial charge in [-0.15, -0.1) is 0 Å². The second kappa shape index (κ2) is 9.26. The summed E-state index contributed by atoms with van der Waals surface area (Å²) in [6.45, 7) is 0.0223. The number of carbonyl (C=O) groups excluding carboxylic acids is 2. The Kier molecular flexibility index (Phi) is 7.34. The lowest BCUT2D eigenvalue weighted by Gasteiger charge is -2.32. The van der Waals surface area contributed by atoms with Gasteiger partial charge >= 0.3 is 0 Å². The standard InChI is InChI=1S/C18H32N2O3/c1-19(15-9-5-3-6-10-15)17(21)13-23-14-18(22)20(2)16-11-7-4-8-12-16/h15-16H,3-14H2,1-2H3. The van der Waals surface area contributed by atoms with Crippen LogP contribution in [0, 0.1) is 0 Å². The van der Waals surface area contributed by atoms with Crippen molar-refractivity contribution in [1.82, 2.24) is 9.80 Å². The van der Waals surface area contributed by atoms with E-state index in [4.69, 9.17) is 4.74 Å². The van der Waals surface area contributed by atoms with Crippen LogP contribution in [0.25, 0.3) is 0 Å². The molecule has 0 aromatic carbocycles. The molecule has 2 aliphatic carbocycles. The number of nitrogens with zero attached hydrogens (tertiary/aromatic N) is 2. The smallest absolute Gasteiger partial charge is 0.248 e. The van der Waals surface area contributed by atoms with E-state index in [2.05, 4.69) is 0 Å². The summed E-state index contributed by atoms with van der Waals surface area (Å²) >= 11 is 0. The summed E-state index contributed by atoms with van der Waals surface area (Å²) in [6, 6.07) is 0.695. The number of amides is 2. The van der Waals surface area contributed by atoms with Gasteiger partial charge in [0.2, 0.25) is 11.8 Å². The van der Waals surface area contributed by atoms with Gasteiger partial charge < -0.3 is 14.5 Å². The molecule has 0 aliphatic heterocycles. The molecule has 2 fully saturated rings. The SMILES string of the molecule is CN(C(=O)COCC(=O)N(C)C1CCCCC1)C1CCCCC1. The predicted molar refractivity (Wildman–Crippen MR) is 90.1 cm³/mol. The van der Waals surface area contributed by atoms with Crippen molar-refractivity contribution in [1.29, 1.82) is 0 Å². The van der Waals surface area contributed by atoms with Gasteiger partial charge in [0, 0.05) is 26.2 Å². The number of hydrogen-bond donors (Lipinski definition) is 0. The predicted octanol–water partition coefficient (Wildman–Crippen LogP) is 2.59. The van der Waals surface area contributed by atoms with E-state index in [1.54, 1.807) is 0 Å². The molecule has 0 heterocycles. The molecule has 5 heteroatoms. The third-order valence-electron chi connectivity index (χ3n) is 5.48. The molecule has 0 aromatic heterocycles. The van der Waals surface area contributed by atoms with Crippen LogP contribution in [-0.2, 0) is 14.3 Å². The molecule has 5 nitrogen and oxygen atoms in total. The van der Waals surface area contributed by atoms with Gasteiger partial charge in [0.1, 0.15) is 13.2 Å². The minimum Gasteiger partial charge on any atom is -0.362 e. The molecular weight excluding hydrogens is 292 g/mol. The number of rotatable bonds is 6. The first-order valence-electron chi connectivity index (χ1n) is 9.18. The molecule has 23 heavy (non-hydrogen) atoms. The van der Waals surface area contributed by atoms with Crippen LogP contribution >= 0.6 is 0 Å². The van der Waals surface area contributed by atoms with Crippen molar-refractivity contribution >= 4 is 11.8 Å². The maximum absolute atomic E-state index is 12.2. The van der Waals surface area contributed by atoms with Crippen molar-refractivity contribution in [3.05, 3.63) is 0 Å². The van der Waals surface area contributed by atoms with E-state index >= 15 is 0 Å². The Bertz CT molecular complexity index is 352. The lowest BCUT2D eigenvalue weighted by atomic mass is 9.94. The average Bonchev–Trinajstić information content (AvgIpc) is 2.61. The van der Waals surface area contributed by atoms with Crippen LogP contribution in [0.1, 0.15) is 64.2 Å². The lowest BCUT2D eigenvalue weighted by Crippen LogP contribution is -2.42. The minimum absolute atomic E-state index is 0.00924. The van der Waals surface area contributed by atoms with Crippen LogP contribution in [0.3, 0.4) is 0 Å². The van der Waals surface area contributed by atoms with Crippen LogP contribution in [0.5, 0.6) is 0 Å². The maximum Gasteiger partial charge on any atom is 0.248 e. The quantitative estimate of drug-likeness (QED) is 0.754. The van der Waals surface area contributed by atoms with Crippen molar-refractivity contribution in [3.63, 3.8) is 0 Å². The van der Waals surface area contributed by atoms with E-state index in [0.29, 0.717) is 12.1 Å². The van der Waals surface area contributed by atoms with Crippen molar-refractivity contribution in [2.24, 2.45) is 0 Å². The zero-order valence-electron chi connectivity index (χ0n) is 14.8. The molecule has 0 radical (unpaired) electrons. The van der Waals surface area contributed by atoms with E-state index in [0.717, 1.165) is 25.7 Å². The molecule has 2 aliphatic rings. The summed E-state index contributed by atoms with van der Waals surface area (Å²) in [5, 5.41) is 0. The van der Waals surface area contributed by atoms with E-state index in [-0.39, 0.29) is 25.0 Å². The number of hydrogen-bond acceptors (Lipinski definition) is 3. The molecule has 0 spiro atoms. The van der Waals surface area contributed by atoms with Gasteiger partial charge in [-0.1, -0.05) is 38.5 Å². The van der Waals surface area contributed by atoms with Crippen molar-refractivity contribution in [2.45, 2.75) is 76.3 Å². The normalized spacial score (nSPS) is 20.3. The summed E-state index contributed by atoms with van der Waals surface area (Å²) in [5.41, 5.74) is 0. The van der Waals surface area contributed by atoms with E-state index in [1.165, 1.54) is 38.5 Å². The zero-order valence-corrected chi connectivity index (χ0v) is 14.8. The highest BCUT2D eigenvalue weighted by molar-refractivity contribution is 5.79. The molecule has 0 atom stereocenters. The topological polar surface area (TPSA) is 49.9 Å². The molecule has 0 N–H and O–H groups in total. The van der Waals surface area contributed by atoms with Crippen molar-refractivity contribution in [2.75, 3.05) is 27.3 Å². The highest BCUT2D eigenvalue weighted by Gasteiger charge is 2.24. The Balaban J connectivity index is 1.66. The third-order valence-corrected chi connectivity index (χ3v) is 5.48. The first-order chi connectivity index (χ1) is 11.1. The van der Waals surface area contributed by atoms with Crippen LogP contribution in [-0.4, -0.2) is 61.0 Å². The summed E-state index contributed by atoms with van der Waals surface area (Å²) in [6.07, 6.45) is 11.7. The van der Waals surface area contributed by atoms with Gasteiger partial charge in [-0.3, -0.25) is 9.59 Å². The summed E-state index contributed by atoms with van der Waals surface area (Å²) in [7, 11) is 3.72. The largest absolute Gasteiger partial charge is 0.362 e. The lowest BCUT2D eigenvalue weighted by molar-refractivity contribution is -0.143. The molecular formula is C18H32N2O3. The Morgan fingerprint density at radius 2 is 1.09 bits per heavy atom. The van der Waals surface area contributed by atoms with E-state index in [9.17, 15) is 9.59 Å². The second-order valence-electron chi connectivity index (χ2n) is 7.09. The Labute approximate surface area is 140 Å². The molecule has 2 rings (SSSR count). The second-order valence-corrected chi connectivity index (χ2v) is 7.09. The highest BCUT2D eigenvalue weighted by atomic mass is 16.5. The zero-order chi connectivity index (χ0) is 16.7. The number of likely N-dealkylation sites (N-methyl/N-ethyl adjacent to an activating group) is 2. The van der Waals surface area contributed by atoms with Gasteiger partial charge in [0.15, 0.2) is 0 Å². The van der Waals surface area contributed by atoms with Crippen LogP contribution in [0.4, 0.5) is 0 Å². The van der Waals surface area contributed by atoms with Crippen LogP contribution in [0.15, 0.2) is 0 Å². The average molecular weight is 324 g/mol. The van der Waals surface area contributed by atoms with Gasteiger partial charge in [-0.2, -0.15) is 0 Å².